The number of aromatic nitrogens is 1. The molecular formula is C19H11N3. The quantitative estimate of drug-likeness (QED) is 0.631. The Morgan fingerprint density at radius 1 is 0.955 bits per heavy atom. The van der Waals surface area contributed by atoms with Gasteiger partial charge in [-0.3, -0.25) is 4.98 Å². The van der Waals surface area contributed by atoms with Gasteiger partial charge in [-0.05, 0) is 29.3 Å². The van der Waals surface area contributed by atoms with E-state index in [1.165, 1.54) is 0 Å². The van der Waals surface area contributed by atoms with E-state index >= 15 is 0 Å². The molecule has 0 saturated carbocycles. The molecule has 3 rings (SSSR count). The third-order valence-electron chi connectivity index (χ3n) is 3.39. The second-order valence-electron chi connectivity index (χ2n) is 4.75. The Morgan fingerprint density at radius 2 is 1.77 bits per heavy atom. The highest BCUT2D eigenvalue weighted by molar-refractivity contribution is 5.80. The number of nitrogens with zero attached hydrogens (tertiary/aromatic N) is 3. The van der Waals surface area contributed by atoms with Gasteiger partial charge in [0.2, 0.25) is 0 Å². The van der Waals surface area contributed by atoms with Gasteiger partial charge in [0.25, 0.3) is 0 Å². The van der Waals surface area contributed by atoms with Crippen molar-refractivity contribution in [3.05, 3.63) is 83.8 Å². The molecule has 0 spiro atoms. The molecule has 0 N–H and O–H groups in total. The van der Waals surface area contributed by atoms with Crippen LogP contribution in [0.3, 0.4) is 0 Å². The molecule has 0 amide bonds. The summed E-state index contributed by atoms with van der Waals surface area (Å²) in [6.45, 7) is 7.29. The number of benzene rings is 2. The van der Waals surface area contributed by atoms with Crippen molar-refractivity contribution in [1.29, 1.82) is 5.26 Å². The average molecular weight is 281 g/mol. The van der Waals surface area contributed by atoms with Gasteiger partial charge < -0.3 is 0 Å². The van der Waals surface area contributed by atoms with Crippen LogP contribution in [-0.4, -0.2) is 4.98 Å². The Balaban J connectivity index is 2.15. The molecular weight excluding hydrogens is 270 g/mol. The van der Waals surface area contributed by atoms with E-state index in [1.54, 1.807) is 24.4 Å². The zero-order valence-electron chi connectivity index (χ0n) is 11.7. The molecule has 3 nitrogen and oxygen atoms in total. The van der Waals surface area contributed by atoms with Crippen LogP contribution in [0.25, 0.3) is 27.2 Å². The summed E-state index contributed by atoms with van der Waals surface area (Å²) in [5.74, 6) is 0. The first kappa shape index (κ1) is 13.5. The van der Waals surface area contributed by atoms with Crippen molar-refractivity contribution in [3.63, 3.8) is 0 Å². The van der Waals surface area contributed by atoms with Crippen molar-refractivity contribution in [1.82, 2.24) is 4.98 Å². The molecule has 0 fully saturated rings. The van der Waals surface area contributed by atoms with Gasteiger partial charge in [-0.2, -0.15) is 5.26 Å². The molecule has 0 aliphatic rings. The van der Waals surface area contributed by atoms with Gasteiger partial charge in [-0.1, -0.05) is 42.5 Å². The Kier molecular flexibility index (Phi) is 3.64. The molecule has 3 heteroatoms. The van der Waals surface area contributed by atoms with E-state index in [-0.39, 0.29) is 0 Å². The maximum absolute atomic E-state index is 9.06. The summed E-state index contributed by atoms with van der Waals surface area (Å²) in [4.78, 5) is 7.89. The fourth-order valence-electron chi connectivity index (χ4n) is 2.30. The Morgan fingerprint density at radius 3 is 2.50 bits per heavy atom. The molecule has 22 heavy (non-hydrogen) atoms. The molecule has 0 atom stereocenters. The van der Waals surface area contributed by atoms with Crippen LogP contribution in [0, 0.1) is 17.9 Å². The summed E-state index contributed by atoms with van der Waals surface area (Å²) in [5, 5.41) is 9.06. The molecule has 0 radical (unpaired) electrons. The minimum atomic E-state index is 0.497. The molecule has 1 aromatic heterocycles. The standard InChI is InChI=1S/C19H11N3/c1-21-18-8-7-14(13-20)11-17(18)19-12-16(9-10-22-19)15-5-3-2-4-6-15/h2-12H. The first-order valence-electron chi connectivity index (χ1n) is 6.75. The molecule has 0 saturated heterocycles. The van der Waals surface area contributed by atoms with Crippen LogP contribution in [0.1, 0.15) is 5.56 Å². The highest BCUT2D eigenvalue weighted by Gasteiger charge is 2.09. The number of nitriles is 1. The second kappa shape index (κ2) is 5.91. The van der Waals surface area contributed by atoms with Crippen LogP contribution in [0.2, 0.25) is 0 Å². The number of pyridine rings is 1. The van der Waals surface area contributed by atoms with Crippen LogP contribution in [0.15, 0.2) is 66.9 Å². The summed E-state index contributed by atoms with van der Waals surface area (Å²) in [6.07, 6.45) is 1.73. The fraction of sp³-hybridized carbons (Fsp3) is 0. The second-order valence-corrected chi connectivity index (χ2v) is 4.75. The predicted octanol–water partition coefficient (Wildman–Crippen LogP) is 4.84. The fourth-order valence-corrected chi connectivity index (χ4v) is 2.30. The van der Waals surface area contributed by atoms with E-state index in [2.05, 4.69) is 15.9 Å². The summed E-state index contributed by atoms with van der Waals surface area (Å²) >= 11 is 0. The lowest BCUT2D eigenvalue weighted by Crippen LogP contribution is -1.87. The normalized spacial score (nSPS) is 9.73. The maximum atomic E-state index is 9.06. The van der Waals surface area contributed by atoms with E-state index in [0.717, 1.165) is 11.1 Å². The van der Waals surface area contributed by atoms with Gasteiger partial charge in [0, 0.05) is 11.8 Å². The molecule has 0 aliphatic carbocycles. The molecule has 0 aliphatic heterocycles. The van der Waals surface area contributed by atoms with Crippen LogP contribution >= 0.6 is 0 Å². The molecule has 0 unspecified atom stereocenters. The maximum Gasteiger partial charge on any atom is 0.196 e. The Bertz CT molecular complexity index is 900. The smallest absolute Gasteiger partial charge is 0.196 e. The third kappa shape index (κ3) is 2.57. The van der Waals surface area contributed by atoms with E-state index in [4.69, 9.17) is 11.8 Å². The summed E-state index contributed by atoms with van der Waals surface area (Å²) in [7, 11) is 0. The number of rotatable bonds is 2. The first-order chi connectivity index (χ1) is 10.8. The minimum Gasteiger partial charge on any atom is -0.258 e. The van der Waals surface area contributed by atoms with Crippen molar-refractivity contribution in [2.75, 3.05) is 0 Å². The van der Waals surface area contributed by atoms with Gasteiger partial charge >= 0.3 is 0 Å². The molecule has 1 heterocycles. The SMILES string of the molecule is [C-]#[N+]c1ccc(C#N)cc1-c1cc(-c2ccccc2)ccn1. The first-order valence-corrected chi connectivity index (χ1v) is 6.75. The average Bonchev–Trinajstić information content (AvgIpc) is 2.62. The largest absolute Gasteiger partial charge is 0.258 e. The topological polar surface area (TPSA) is 41.0 Å². The lowest BCUT2D eigenvalue weighted by atomic mass is 10.0. The lowest BCUT2D eigenvalue weighted by Gasteiger charge is -2.07. The predicted molar refractivity (Wildman–Crippen MR) is 86.1 cm³/mol. The summed E-state index contributed by atoms with van der Waals surface area (Å²) < 4.78 is 0. The van der Waals surface area contributed by atoms with Gasteiger partial charge in [-0.25, -0.2) is 4.85 Å². The van der Waals surface area contributed by atoms with Gasteiger partial charge in [0.1, 0.15) is 0 Å². The van der Waals surface area contributed by atoms with Crippen molar-refractivity contribution < 1.29 is 0 Å². The van der Waals surface area contributed by atoms with Crippen molar-refractivity contribution in [3.8, 4) is 28.5 Å². The van der Waals surface area contributed by atoms with E-state index < -0.39 is 0 Å². The Labute approximate surface area is 128 Å². The van der Waals surface area contributed by atoms with Crippen LogP contribution < -0.4 is 0 Å². The zero-order valence-corrected chi connectivity index (χ0v) is 11.7. The zero-order chi connectivity index (χ0) is 15.4. The van der Waals surface area contributed by atoms with Crippen molar-refractivity contribution in [2.45, 2.75) is 0 Å². The van der Waals surface area contributed by atoms with E-state index in [0.29, 0.717) is 22.5 Å². The van der Waals surface area contributed by atoms with Gasteiger partial charge in [0.05, 0.1) is 23.9 Å². The number of hydrogen-bond donors (Lipinski definition) is 0. The Hall–Kier alpha value is -3.43. The minimum absolute atomic E-state index is 0.497. The third-order valence-corrected chi connectivity index (χ3v) is 3.39. The summed E-state index contributed by atoms with van der Waals surface area (Å²) in [6, 6.07) is 21.0. The van der Waals surface area contributed by atoms with Crippen LogP contribution in [-0.2, 0) is 0 Å². The van der Waals surface area contributed by atoms with Crippen molar-refractivity contribution >= 4 is 5.69 Å². The summed E-state index contributed by atoms with van der Waals surface area (Å²) in [5.41, 5.74) is 4.53. The highest BCUT2D eigenvalue weighted by atomic mass is 14.7. The van der Waals surface area contributed by atoms with Crippen LogP contribution in [0.5, 0.6) is 0 Å². The number of hydrogen-bond acceptors (Lipinski definition) is 2. The van der Waals surface area contributed by atoms with Crippen molar-refractivity contribution in [2.24, 2.45) is 0 Å². The van der Waals surface area contributed by atoms with E-state index in [1.807, 2.05) is 42.5 Å². The highest BCUT2D eigenvalue weighted by Crippen LogP contribution is 2.32. The van der Waals surface area contributed by atoms with Gasteiger partial charge in [0.15, 0.2) is 5.69 Å². The molecule has 2 aromatic carbocycles. The van der Waals surface area contributed by atoms with E-state index in [9.17, 15) is 0 Å². The molecule has 3 aromatic rings. The lowest BCUT2D eigenvalue weighted by molar-refractivity contribution is 1.32. The monoisotopic (exact) mass is 281 g/mol. The van der Waals surface area contributed by atoms with Gasteiger partial charge in [-0.15, -0.1) is 0 Å². The molecule has 102 valence electrons. The van der Waals surface area contributed by atoms with Crippen LogP contribution in [0.4, 0.5) is 5.69 Å². The molecule has 0 bridgehead atoms.